The number of aromatic nitrogens is 4. The first kappa shape index (κ1) is 14.2. The number of anilines is 1. The number of fused-ring (bicyclic) bond motifs is 1. The van der Waals surface area contributed by atoms with Gasteiger partial charge in [0.15, 0.2) is 11.9 Å². The van der Waals surface area contributed by atoms with Crippen molar-refractivity contribution in [3.63, 3.8) is 0 Å². The van der Waals surface area contributed by atoms with Crippen molar-refractivity contribution in [1.82, 2.24) is 19.5 Å². The summed E-state index contributed by atoms with van der Waals surface area (Å²) in [7, 11) is 0. The predicted molar refractivity (Wildman–Crippen MR) is 75.8 cm³/mol. The van der Waals surface area contributed by atoms with Crippen molar-refractivity contribution in [3.8, 4) is 0 Å². The van der Waals surface area contributed by atoms with E-state index < -0.39 is 24.5 Å². The van der Waals surface area contributed by atoms with E-state index in [9.17, 15) is 10.2 Å². The van der Waals surface area contributed by atoms with Crippen LogP contribution >= 0.6 is 0 Å². The Morgan fingerprint density at radius 3 is 2.71 bits per heavy atom. The van der Waals surface area contributed by atoms with Crippen LogP contribution in [0, 0.1) is 6.92 Å². The molecule has 21 heavy (non-hydrogen) atoms. The molecule has 0 saturated carbocycles. The van der Waals surface area contributed by atoms with Gasteiger partial charge in [-0.25, -0.2) is 9.97 Å². The van der Waals surface area contributed by atoms with E-state index >= 15 is 0 Å². The topological polar surface area (TPSA) is 105 Å². The summed E-state index contributed by atoms with van der Waals surface area (Å²) in [5.74, 6) is 0.505. The lowest BCUT2D eigenvalue weighted by Gasteiger charge is -2.16. The SMILES string of the molecule is CCNc1nc(C)c2ncn([C@@H]3O[C@H](C)[C@H](O)C3O)c2n1. The fourth-order valence-corrected chi connectivity index (χ4v) is 2.54. The zero-order valence-electron chi connectivity index (χ0n) is 12.2. The molecule has 0 aliphatic carbocycles. The monoisotopic (exact) mass is 293 g/mol. The van der Waals surface area contributed by atoms with Crippen molar-refractivity contribution in [2.75, 3.05) is 11.9 Å². The van der Waals surface area contributed by atoms with Gasteiger partial charge in [0, 0.05) is 6.54 Å². The maximum absolute atomic E-state index is 10.1. The van der Waals surface area contributed by atoms with Crippen molar-refractivity contribution >= 4 is 17.1 Å². The summed E-state index contributed by atoms with van der Waals surface area (Å²) in [4.78, 5) is 13.0. The zero-order valence-corrected chi connectivity index (χ0v) is 12.2. The Morgan fingerprint density at radius 1 is 1.33 bits per heavy atom. The first-order valence-electron chi connectivity index (χ1n) is 6.99. The van der Waals surface area contributed by atoms with Gasteiger partial charge in [-0.05, 0) is 20.8 Å². The number of imidazole rings is 1. The van der Waals surface area contributed by atoms with Crippen molar-refractivity contribution in [2.45, 2.75) is 45.3 Å². The van der Waals surface area contributed by atoms with E-state index in [1.807, 2.05) is 13.8 Å². The molecular formula is C13H19N5O3. The molecule has 0 bridgehead atoms. The molecule has 4 atom stereocenters. The highest BCUT2D eigenvalue weighted by atomic mass is 16.6. The van der Waals surface area contributed by atoms with Crippen LogP contribution in [0.3, 0.4) is 0 Å². The molecule has 1 fully saturated rings. The van der Waals surface area contributed by atoms with Crippen LogP contribution in [0.2, 0.25) is 0 Å². The van der Waals surface area contributed by atoms with Crippen LogP contribution in [-0.2, 0) is 4.74 Å². The molecule has 1 unspecified atom stereocenters. The molecule has 3 rings (SSSR count). The minimum Gasteiger partial charge on any atom is -0.388 e. The van der Waals surface area contributed by atoms with E-state index in [1.54, 1.807) is 17.8 Å². The Balaban J connectivity index is 2.07. The molecule has 3 N–H and O–H groups in total. The van der Waals surface area contributed by atoms with Crippen LogP contribution in [0.4, 0.5) is 5.95 Å². The summed E-state index contributed by atoms with van der Waals surface area (Å²) in [6.45, 7) is 6.24. The van der Waals surface area contributed by atoms with Gasteiger partial charge in [0.25, 0.3) is 0 Å². The van der Waals surface area contributed by atoms with E-state index in [4.69, 9.17) is 4.74 Å². The van der Waals surface area contributed by atoms with Gasteiger partial charge in [0.2, 0.25) is 5.95 Å². The van der Waals surface area contributed by atoms with E-state index in [0.717, 1.165) is 5.69 Å². The minimum absolute atomic E-state index is 0.446. The fraction of sp³-hybridized carbons (Fsp3) is 0.615. The summed E-state index contributed by atoms with van der Waals surface area (Å²) in [5.41, 5.74) is 1.97. The quantitative estimate of drug-likeness (QED) is 0.742. The maximum atomic E-state index is 10.1. The number of nitrogens with one attached hydrogen (secondary N) is 1. The highest BCUT2D eigenvalue weighted by molar-refractivity contribution is 5.74. The molecule has 114 valence electrons. The number of nitrogens with zero attached hydrogens (tertiary/aromatic N) is 4. The van der Waals surface area contributed by atoms with Crippen LogP contribution in [0.1, 0.15) is 25.8 Å². The number of aliphatic hydroxyl groups is 2. The Labute approximate surface area is 121 Å². The lowest BCUT2D eigenvalue weighted by atomic mass is 10.1. The molecule has 1 aliphatic heterocycles. The molecular weight excluding hydrogens is 274 g/mol. The van der Waals surface area contributed by atoms with Gasteiger partial charge in [-0.3, -0.25) is 4.57 Å². The number of aliphatic hydroxyl groups excluding tert-OH is 2. The van der Waals surface area contributed by atoms with Gasteiger partial charge in [0.1, 0.15) is 17.7 Å². The molecule has 3 heterocycles. The van der Waals surface area contributed by atoms with E-state index in [2.05, 4.69) is 20.3 Å². The van der Waals surface area contributed by atoms with Crippen LogP contribution in [0.15, 0.2) is 6.33 Å². The van der Waals surface area contributed by atoms with E-state index in [1.165, 1.54) is 0 Å². The molecule has 1 saturated heterocycles. The second-order valence-electron chi connectivity index (χ2n) is 5.20. The summed E-state index contributed by atoms with van der Waals surface area (Å²) in [6, 6.07) is 0. The third-order valence-corrected chi connectivity index (χ3v) is 3.68. The van der Waals surface area contributed by atoms with Gasteiger partial charge in [0.05, 0.1) is 18.1 Å². The van der Waals surface area contributed by atoms with Crippen LogP contribution in [0.5, 0.6) is 0 Å². The standard InChI is InChI=1S/C13H19N5O3/c1-4-14-13-16-6(2)8-11(17-13)18(5-15-8)12-10(20)9(19)7(3)21-12/h5,7,9-10,12,19-20H,4H2,1-3H3,(H,14,16,17)/t7-,9+,10?,12-/m1/s1. The highest BCUT2D eigenvalue weighted by Gasteiger charge is 2.42. The summed E-state index contributed by atoms with van der Waals surface area (Å²) >= 11 is 0. The Hall–Kier alpha value is -1.77. The summed E-state index contributed by atoms with van der Waals surface area (Å²) in [5, 5.41) is 23.0. The number of rotatable bonds is 3. The minimum atomic E-state index is -1.02. The van der Waals surface area contributed by atoms with Crippen molar-refractivity contribution in [1.29, 1.82) is 0 Å². The lowest BCUT2D eigenvalue weighted by Crippen LogP contribution is -2.30. The smallest absolute Gasteiger partial charge is 0.225 e. The fourth-order valence-electron chi connectivity index (χ4n) is 2.54. The number of hydrogen-bond acceptors (Lipinski definition) is 7. The van der Waals surface area contributed by atoms with Gasteiger partial charge in [-0.2, -0.15) is 4.98 Å². The predicted octanol–water partition coefficient (Wildman–Crippen LogP) is 0.206. The molecule has 1 aliphatic rings. The van der Waals surface area contributed by atoms with Crippen LogP contribution in [-0.4, -0.2) is 54.6 Å². The van der Waals surface area contributed by atoms with Crippen molar-refractivity contribution in [2.24, 2.45) is 0 Å². The Kier molecular flexibility index (Phi) is 3.52. The number of aryl methyl sites for hydroxylation is 1. The molecule has 2 aromatic heterocycles. The first-order valence-corrected chi connectivity index (χ1v) is 6.99. The molecule has 2 aromatic rings. The van der Waals surface area contributed by atoms with E-state index in [-0.39, 0.29) is 0 Å². The van der Waals surface area contributed by atoms with Gasteiger partial charge < -0.3 is 20.3 Å². The van der Waals surface area contributed by atoms with Gasteiger partial charge in [-0.15, -0.1) is 0 Å². The Morgan fingerprint density at radius 2 is 2.10 bits per heavy atom. The summed E-state index contributed by atoms with van der Waals surface area (Å²) in [6.07, 6.45) is -1.54. The van der Waals surface area contributed by atoms with Gasteiger partial charge >= 0.3 is 0 Å². The largest absolute Gasteiger partial charge is 0.388 e. The Bertz CT molecular complexity index is 659. The molecule has 0 radical (unpaired) electrons. The molecule has 0 spiro atoms. The second kappa shape index (κ2) is 5.21. The molecule has 0 amide bonds. The number of hydrogen-bond donors (Lipinski definition) is 3. The third kappa shape index (κ3) is 2.25. The summed E-state index contributed by atoms with van der Waals surface area (Å²) < 4.78 is 7.26. The van der Waals surface area contributed by atoms with Gasteiger partial charge in [-0.1, -0.05) is 0 Å². The second-order valence-corrected chi connectivity index (χ2v) is 5.20. The average Bonchev–Trinajstić information content (AvgIpc) is 2.96. The molecule has 0 aromatic carbocycles. The number of ether oxygens (including phenoxy) is 1. The normalized spacial score (nSPS) is 29.2. The average molecular weight is 293 g/mol. The maximum Gasteiger partial charge on any atom is 0.225 e. The highest BCUT2D eigenvalue weighted by Crippen LogP contribution is 2.31. The van der Waals surface area contributed by atoms with Crippen LogP contribution in [0.25, 0.3) is 11.2 Å². The lowest BCUT2D eigenvalue weighted by molar-refractivity contribution is -0.0299. The molecule has 8 nitrogen and oxygen atoms in total. The third-order valence-electron chi connectivity index (χ3n) is 3.68. The van der Waals surface area contributed by atoms with Crippen molar-refractivity contribution < 1.29 is 14.9 Å². The molecule has 8 heteroatoms. The van der Waals surface area contributed by atoms with Crippen LogP contribution < -0.4 is 5.32 Å². The van der Waals surface area contributed by atoms with Crippen molar-refractivity contribution in [3.05, 3.63) is 12.0 Å². The first-order chi connectivity index (χ1) is 10.0. The zero-order chi connectivity index (χ0) is 15.1. The van der Waals surface area contributed by atoms with E-state index in [0.29, 0.717) is 23.7 Å².